The molecule has 2 rings (SSSR count). The number of nitrogens with two attached hydrogens (primary N) is 1. The number of nitrogens with zero attached hydrogens (tertiary/aromatic N) is 1. The van der Waals surface area contributed by atoms with E-state index in [0.29, 0.717) is 6.42 Å². The lowest BCUT2D eigenvalue weighted by Crippen LogP contribution is -2.48. The van der Waals surface area contributed by atoms with Gasteiger partial charge in [-0.15, -0.1) is 0 Å². The van der Waals surface area contributed by atoms with Crippen LogP contribution in [0, 0.1) is 5.92 Å². The van der Waals surface area contributed by atoms with Crippen molar-refractivity contribution < 1.29 is 68.3 Å². The number of nitrogens with one attached hydrogen (secondary N) is 4. The fourth-order valence-electron chi connectivity index (χ4n) is 3.65. The Bertz CT molecular complexity index is 1150. The van der Waals surface area contributed by atoms with Gasteiger partial charge in [0.15, 0.2) is 7.85 Å². The standard InChI is InChI=1S/C14H20N4O5.C8H13BN2O5.C6H12O4/c1-8(2)13(14(15)23)17-9(19)5-6-16-10(20)7-18-11(21)3-4-12(18)22;9-6(13)4-16-5-11-8(15)3-10-7(14)1-2-12;7-2-6-5(9)1-4(8)3-10-6/h3-4,8,13H,5-7H2,1-2H3,(H2,15,23)(H,16,20)(H,17,19);12H,1-5H2,(H,10,14)(H,11,15);4-9H,1-3H2/t13-;;4?,5?,6-/m0.1/s1. The second-order valence-electron chi connectivity index (χ2n) is 10.7. The summed E-state index contributed by atoms with van der Waals surface area (Å²) in [7, 11) is 4.78. The molecule has 7 amide bonds. The SMILES string of the molecule is CC(C)[C@H](NC(=O)CCNC(=O)CN1C(=O)C=CC1=O)C(N)=O.OC[C@H]1OCC(O)CC1O.[B]C(=O)COCNC(=O)CNC(=O)CCO. The van der Waals surface area contributed by atoms with Crippen molar-refractivity contribution in [2.45, 2.75) is 57.5 Å². The minimum absolute atomic E-state index is 0.0118. The molecule has 0 aromatic rings. The van der Waals surface area contributed by atoms with Gasteiger partial charge in [-0.1, -0.05) is 13.8 Å². The minimum atomic E-state index is -0.774. The summed E-state index contributed by atoms with van der Waals surface area (Å²) in [4.78, 5) is 89.9. The molecule has 49 heavy (non-hydrogen) atoms. The van der Waals surface area contributed by atoms with Crippen LogP contribution >= 0.6 is 0 Å². The molecule has 274 valence electrons. The lowest BCUT2D eigenvalue weighted by Gasteiger charge is -2.29. The highest BCUT2D eigenvalue weighted by molar-refractivity contribution is 6.58. The zero-order chi connectivity index (χ0) is 37.5. The Morgan fingerprint density at radius 2 is 1.61 bits per heavy atom. The number of amides is 7. The molecule has 20 nitrogen and oxygen atoms in total. The van der Waals surface area contributed by atoms with Crippen LogP contribution in [-0.2, 0) is 47.8 Å². The third-order valence-electron chi connectivity index (χ3n) is 6.19. The molecule has 1 saturated heterocycles. The Balaban J connectivity index is 0.000000766. The summed E-state index contributed by atoms with van der Waals surface area (Å²) in [6.45, 7) is 2.21. The third kappa shape index (κ3) is 20.6. The molecule has 2 unspecified atom stereocenters. The number of carbonyl (C=O) groups is 8. The van der Waals surface area contributed by atoms with Gasteiger partial charge in [0.2, 0.25) is 29.5 Å². The molecule has 0 aromatic heterocycles. The van der Waals surface area contributed by atoms with E-state index in [4.69, 9.17) is 38.7 Å². The smallest absolute Gasteiger partial charge is 0.254 e. The number of rotatable bonds is 17. The number of aliphatic hydroxyl groups is 4. The van der Waals surface area contributed by atoms with E-state index in [1.807, 2.05) is 0 Å². The first-order valence-electron chi connectivity index (χ1n) is 15.0. The van der Waals surface area contributed by atoms with Crippen LogP contribution in [0.25, 0.3) is 0 Å². The molecule has 0 spiro atoms. The molecule has 1 fully saturated rings. The summed E-state index contributed by atoms with van der Waals surface area (Å²) in [6.07, 6.45) is 0.534. The van der Waals surface area contributed by atoms with Crippen molar-refractivity contribution in [3.05, 3.63) is 12.2 Å². The number of hydrogen-bond acceptors (Lipinski definition) is 14. The fourth-order valence-corrected chi connectivity index (χ4v) is 3.65. The molecule has 21 heteroatoms. The number of aliphatic hydroxyl groups excluding tert-OH is 4. The summed E-state index contributed by atoms with van der Waals surface area (Å²) in [5, 5.41) is 44.5. The maximum absolute atomic E-state index is 11.7. The first-order chi connectivity index (χ1) is 23.0. The maximum atomic E-state index is 11.7. The van der Waals surface area contributed by atoms with Crippen molar-refractivity contribution in [1.82, 2.24) is 26.2 Å². The number of ether oxygens (including phenoxy) is 2. The third-order valence-corrected chi connectivity index (χ3v) is 6.19. The van der Waals surface area contributed by atoms with Gasteiger partial charge >= 0.3 is 0 Å². The Kier molecular flexibility index (Phi) is 22.6. The van der Waals surface area contributed by atoms with Crippen molar-refractivity contribution in [2.24, 2.45) is 11.7 Å². The van der Waals surface area contributed by atoms with E-state index < -0.39 is 77.9 Å². The fraction of sp³-hybridized carbons (Fsp3) is 0.643. The lowest BCUT2D eigenvalue weighted by molar-refractivity contribution is -0.141. The van der Waals surface area contributed by atoms with Gasteiger partial charge in [0.05, 0.1) is 45.2 Å². The number of hydrogen-bond donors (Lipinski definition) is 9. The molecule has 4 atom stereocenters. The van der Waals surface area contributed by atoms with Crippen molar-refractivity contribution in [1.29, 1.82) is 0 Å². The molecule has 0 aliphatic carbocycles. The van der Waals surface area contributed by atoms with E-state index in [1.54, 1.807) is 13.8 Å². The second-order valence-corrected chi connectivity index (χ2v) is 10.7. The van der Waals surface area contributed by atoms with Gasteiger partial charge in [0.25, 0.3) is 11.8 Å². The Labute approximate surface area is 283 Å². The molecule has 0 aromatic carbocycles. The Hall–Kier alpha value is -4.28. The number of primary amides is 1. The lowest BCUT2D eigenvalue weighted by atomic mass is 10.0. The molecule has 0 bridgehead atoms. The molecule has 0 saturated carbocycles. The van der Waals surface area contributed by atoms with Gasteiger partial charge in [-0.2, -0.15) is 0 Å². The van der Waals surface area contributed by atoms with Crippen molar-refractivity contribution in [3.8, 4) is 0 Å². The minimum Gasteiger partial charge on any atom is -0.396 e. The van der Waals surface area contributed by atoms with Crippen LogP contribution in [-0.4, -0.2) is 157 Å². The molecule has 10 N–H and O–H groups in total. The van der Waals surface area contributed by atoms with E-state index in [2.05, 4.69) is 26.0 Å². The summed E-state index contributed by atoms with van der Waals surface area (Å²) in [5.41, 5.74) is 4.55. The first kappa shape index (κ1) is 44.7. The summed E-state index contributed by atoms with van der Waals surface area (Å²) < 4.78 is 9.56. The van der Waals surface area contributed by atoms with Gasteiger partial charge in [0, 0.05) is 38.0 Å². The summed E-state index contributed by atoms with van der Waals surface area (Å²) >= 11 is 0. The molecular weight excluding hydrogens is 655 g/mol. The van der Waals surface area contributed by atoms with Crippen LogP contribution in [0.5, 0.6) is 0 Å². The monoisotopic (exact) mass is 700 g/mol. The zero-order valence-electron chi connectivity index (χ0n) is 27.3. The van der Waals surface area contributed by atoms with Gasteiger partial charge in [0.1, 0.15) is 31.1 Å². The predicted octanol–water partition coefficient (Wildman–Crippen LogP) is -6.20. The van der Waals surface area contributed by atoms with Crippen molar-refractivity contribution in [2.75, 3.05) is 52.8 Å². The van der Waals surface area contributed by atoms with E-state index >= 15 is 0 Å². The highest BCUT2D eigenvalue weighted by Gasteiger charge is 2.28. The second kappa shape index (κ2) is 24.8. The Morgan fingerprint density at radius 1 is 0.980 bits per heavy atom. The van der Waals surface area contributed by atoms with E-state index in [9.17, 15) is 38.4 Å². The van der Waals surface area contributed by atoms with Crippen LogP contribution in [0.2, 0.25) is 0 Å². The normalized spacial score (nSPS) is 18.7. The quantitative estimate of drug-likeness (QED) is 0.0295. The largest absolute Gasteiger partial charge is 0.396 e. The molecule has 2 aliphatic rings. The summed E-state index contributed by atoms with van der Waals surface area (Å²) in [5.74, 6) is -3.75. The topological polar surface area (TPSA) is 313 Å². The number of carbonyl (C=O) groups excluding carboxylic acids is 8. The molecule has 2 aliphatic heterocycles. The average Bonchev–Trinajstić information content (AvgIpc) is 3.33. The van der Waals surface area contributed by atoms with E-state index in [0.717, 1.165) is 17.1 Å². The van der Waals surface area contributed by atoms with Crippen molar-refractivity contribution in [3.63, 3.8) is 0 Å². The van der Waals surface area contributed by atoms with E-state index in [1.165, 1.54) is 0 Å². The molecule has 2 radical (unpaired) electrons. The zero-order valence-corrected chi connectivity index (χ0v) is 27.3. The van der Waals surface area contributed by atoms with Crippen LogP contribution in [0.4, 0.5) is 0 Å². The van der Waals surface area contributed by atoms with Crippen LogP contribution < -0.4 is 27.0 Å². The number of imide groups is 1. The van der Waals surface area contributed by atoms with Gasteiger partial charge < -0.3 is 61.7 Å². The Morgan fingerprint density at radius 3 is 2.12 bits per heavy atom. The van der Waals surface area contributed by atoms with Crippen LogP contribution in [0.15, 0.2) is 12.2 Å². The maximum Gasteiger partial charge on any atom is 0.254 e. The predicted molar refractivity (Wildman–Crippen MR) is 167 cm³/mol. The average molecular weight is 701 g/mol. The first-order valence-corrected chi connectivity index (χ1v) is 15.0. The summed E-state index contributed by atoms with van der Waals surface area (Å²) in [6, 6.07) is -0.774. The van der Waals surface area contributed by atoms with Crippen LogP contribution in [0.1, 0.15) is 33.1 Å². The van der Waals surface area contributed by atoms with Crippen molar-refractivity contribution >= 4 is 54.9 Å². The van der Waals surface area contributed by atoms with Gasteiger partial charge in [-0.25, -0.2) is 0 Å². The van der Waals surface area contributed by atoms with Crippen LogP contribution in [0.3, 0.4) is 0 Å². The van der Waals surface area contributed by atoms with E-state index in [-0.39, 0.29) is 65.0 Å². The molecular formula is C28H45BN6O14. The van der Waals surface area contributed by atoms with Gasteiger partial charge in [-0.3, -0.25) is 38.5 Å². The van der Waals surface area contributed by atoms with Gasteiger partial charge in [-0.05, 0) is 5.92 Å². The highest BCUT2D eigenvalue weighted by atomic mass is 16.5. The molecule has 2 heterocycles. The highest BCUT2D eigenvalue weighted by Crippen LogP contribution is 2.13.